The molecule has 1 aromatic carbocycles. The first-order chi connectivity index (χ1) is 10.3. The number of imidazole rings is 1. The van der Waals surface area contributed by atoms with E-state index >= 15 is 0 Å². The number of nitrogens with one attached hydrogen (secondary N) is 1. The molecule has 0 saturated heterocycles. The summed E-state index contributed by atoms with van der Waals surface area (Å²) in [6.07, 6.45) is 5.20. The zero-order valence-corrected chi connectivity index (χ0v) is 12.9. The van der Waals surface area contributed by atoms with Crippen LogP contribution < -0.4 is 0 Å². The van der Waals surface area contributed by atoms with Crippen molar-refractivity contribution >= 4 is 34.2 Å². The Morgan fingerprint density at radius 3 is 2.95 bits per heavy atom. The highest BCUT2D eigenvalue weighted by molar-refractivity contribution is 7.71. The minimum atomic E-state index is 0.773. The fourth-order valence-corrected chi connectivity index (χ4v) is 2.99. The quantitative estimate of drug-likeness (QED) is 0.551. The van der Waals surface area contributed by atoms with Crippen molar-refractivity contribution in [1.29, 1.82) is 0 Å². The van der Waals surface area contributed by atoms with Crippen molar-refractivity contribution in [1.82, 2.24) is 14.5 Å². The van der Waals surface area contributed by atoms with Crippen molar-refractivity contribution in [3.63, 3.8) is 0 Å². The van der Waals surface area contributed by atoms with E-state index in [1.165, 1.54) is 0 Å². The fourth-order valence-electron chi connectivity index (χ4n) is 2.70. The van der Waals surface area contributed by atoms with Crippen molar-refractivity contribution < 1.29 is 4.74 Å². The van der Waals surface area contributed by atoms with Crippen LogP contribution in [-0.2, 0) is 11.3 Å². The van der Waals surface area contributed by atoms with Gasteiger partial charge in [0.15, 0.2) is 4.77 Å². The molecule has 3 rings (SSSR count). The maximum atomic E-state index is 5.47. The number of rotatable bonds is 6. The molecule has 3 aromatic rings. The van der Waals surface area contributed by atoms with Gasteiger partial charge in [-0.15, -0.1) is 0 Å². The number of unbranched alkanes of at least 4 members (excludes halogenated alkanes) is 2. The highest BCUT2D eigenvalue weighted by Gasteiger charge is 2.08. The second kappa shape index (κ2) is 6.37. The lowest BCUT2D eigenvalue weighted by Crippen LogP contribution is -1.99. The fraction of sp³-hybridized carbons (Fsp3) is 0.375. The zero-order chi connectivity index (χ0) is 14.7. The molecule has 2 aromatic heterocycles. The lowest BCUT2D eigenvalue weighted by molar-refractivity contribution is 0.191. The first-order valence-corrected chi connectivity index (χ1v) is 7.67. The summed E-state index contributed by atoms with van der Waals surface area (Å²) in [4.78, 5) is 7.74. The van der Waals surface area contributed by atoms with Gasteiger partial charge in [-0.25, -0.2) is 0 Å². The van der Waals surface area contributed by atoms with E-state index in [0.717, 1.165) is 59.1 Å². The molecule has 0 spiro atoms. The Bertz CT molecular complexity index is 806. The molecule has 0 atom stereocenters. The van der Waals surface area contributed by atoms with Crippen LogP contribution in [0.2, 0.25) is 0 Å². The van der Waals surface area contributed by atoms with Gasteiger partial charge >= 0.3 is 0 Å². The summed E-state index contributed by atoms with van der Waals surface area (Å²) in [5.74, 6) is 0. The van der Waals surface area contributed by atoms with Gasteiger partial charge in [0.05, 0.1) is 22.7 Å². The second-order valence-corrected chi connectivity index (χ2v) is 5.56. The Hall–Kier alpha value is -1.72. The average molecular weight is 301 g/mol. The minimum Gasteiger partial charge on any atom is -0.385 e. The van der Waals surface area contributed by atoms with Crippen LogP contribution in [0.3, 0.4) is 0 Å². The lowest BCUT2D eigenvalue weighted by Gasteiger charge is -2.06. The molecule has 0 aliphatic carbocycles. The number of benzene rings is 1. The Morgan fingerprint density at radius 2 is 2.10 bits per heavy atom. The van der Waals surface area contributed by atoms with Gasteiger partial charge in [-0.2, -0.15) is 0 Å². The highest BCUT2D eigenvalue weighted by Crippen LogP contribution is 2.23. The molecule has 0 radical (unpaired) electrons. The number of nitrogens with zero attached hydrogens (tertiary/aromatic N) is 2. The number of H-pyrrole nitrogens is 1. The number of methoxy groups -OCH3 is 1. The van der Waals surface area contributed by atoms with E-state index in [2.05, 4.69) is 20.6 Å². The number of para-hydroxylation sites is 1. The second-order valence-electron chi connectivity index (χ2n) is 5.17. The van der Waals surface area contributed by atoms with Crippen LogP contribution in [0.5, 0.6) is 0 Å². The van der Waals surface area contributed by atoms with Crippen LogP contribution in [0.25, 0.3) is 21.9 Å². The van der Waals surface area contributed by atoms with E-state index in [-0.39, 0.29) is 0 Å². The molecular formula is C16H19N3OS. The summed E-state index contributed by atoms with van der Waals surface area (Å²) in [5, 5.41) is 1.15. The van der Waals surface area contributed by atoms with Gasteiger partial charge in [0.25, 0.3) is 0 Å². The summed E-state index contributed by atoms with van der Waals surface area (Å²) in [6, 6.07) is 8.20. The van der Waals surface area contributed by atoms with Crippen LogP contribution in [0.4, 0.5) is 0 Å². The number of aromatic amines is 1. The highest BCUT2D eigenvalue weighted by atomic mass is 32.1. The first-order valence-electron chi connectivity index (χ1n) is 7.26. The summed E-state index contributed by atoms with van der Waals surface area (Å²) < 4.78 is 8.06. The maximum Gasteiger partial charge on any atom is 0.178 e. The van der Waals surface area contributed by atoms with E-state index in [1.54, 1.807) is 7.11 Å². The van der Waals surface area contributed by atoms with Crippen LogP contribution in [-0.4, -0.2) is 28.3 Å². The van der Waals surface area contributed by atoms with Gasteiger partial charge in [0.1, 0.15) is 0 Å². The molecular weight excluding hydrogens is 282 g/mol. The lowest BCUT2D eigenvalue weighted by atomic mass is 10.2. The number of hydrogen-bond donors (Lipinski definition) is 1. The molecule has 2 heterocycles. The third-order valence-corrected chi connectivity index (χ3v) is 4.06. The normalized spacial score (nSPS) is 11.5. The smallest absolute Gasteiger partial charge is 0.178 e. The van der Waals surface area contributed by atoms with E-state index < -0.39 is 0 Å². The van der Waals surface area contributed by atoms with Crippen molar-refractivity contribution in [3.8, 4) is 0 Å². The summed E-state index contributed by atoms with van der Waals surface area (Å²) in [7, 11) is 1.74. The van der Waals surface area contributed by atoms with Gasteiger partial charge in [-0.05, 0) is 37.5 Å². The molecule has 0 aliphatic heterocycles. The van der Waals surface area contributed by atoms with Crippen molar-refractivity contribution in [2.24, 2.45) is 0 Å². The van der Waals surface area contributed by atoms with Crippen molar-refractivity contribution in [2.45, 2.75) is 25.8 Å². The van der Waals surface area contributed by atoms with Crippen molar-refractivity contribution in [2.75, 3.05) is 13.7 Å². The van der Waals surface area contributed by atoms with Gasteiger partial charge < -0.3 is 14.3 Å². The molecule has 1 N–H and O–H groups in total. The molecule has 4 nitrogen and oxygen atoms in total. The van der Waals surface area contributed by atoms with Crippen LogP contribution in [0.1, 0.15) is 19.3 Å². The molecule has 0 fully saturated rings. The van der Waals surface area contributed by atoms with Gasteiger partial charge in [-0.3, -0.25) is 4.98 Å². The molecule has 0 bridgehead atoms. The molecule has 0 aliphatic rings. The van der Waals surface area contributed by atoms with Gasteiger partial charge in [0, 0.05) is 25.6 Å². The molecule has 0 amide bonds. The van der Waals surface area contributed by atoms with Crippen LogP contribution in [0, 0.1) is 4.77 Å². The Morgan fingerprint density at radius 1 is 1.24 bits per heavy atom. The first kappa shape index (κ1) is 14.2. The van der Waals surface area contributed by atoms with Gasteiger partial charge in [0.2, 0.25) is 0 Å². The van der Waals surface area contributed by atoms with E-state index in [9.17, 15) is 0 Å². The predicted octanol–water partition coefficient (Wildman–Crippen LogP) is 4.06. The number of pyridine rings is 1. The summed E-state index contributed by atoms with van der Waals surface area (Å²) in [6.45, 7) is 1.75. The van der Waals surface area contributed by atoms with Crippen molar-refractivity contribution in [3.05, 3.63) is 35.2 Å². The van der Waals surface area contributed by atoms with Crippen LogP contribution in [0.15, 0.2) is 30.5 Å². The Kier molecular flexibility index (Phi) is 4.31. The molecule has 0 unspecified atom stereocenters. The average Bonchev–Trinajstić information content (AvgIpc) is 2.83. The van der Waals surface area contributed by atoms with E-state index in [0.29, 0.717) is 0 Å². The minimum absolute atomic E-state index is 0.773. The van der Waals surface area contributed by atoms with Crippen LogP contribution >= 0.6 is 12.2 Å². The number of hydrogen-bond acceptors (Lipinski definition) is 3. The molecule has 21 heavy (non-hydrogen) atoms. The largest absolute Gasteiger partial charge is 0.385 e. The summed E-state index contributed by atoms with van der Waals surface area (Å²) >= 11 is 5.47. The molecule has 0 saturated carbocycles. The number of ether oxygens (including phenoxy) is 1. The molecule has 110 valence electrons. The predicted molar refractivity (Wildman–Crippen MR) is 88.2 cm³/mol. The zero-order valence-electron chi connectivity index (χ0n) is 12.1. The third-order valence-electron chi connectivity index (χ3n) is 3.73. The van der Waals surface area contributed by atoms with E-state index in [4.69, 9.17) is 17.0 Å². The monoisotopic (exact) mass is 301 g/mol. The standard InChI is InChI=1S/C16H19N3OS/c1-20-10-6-2-5-9-19-15-12-7-3-4-8-13(12)17-11-14(15)18-16(19)21/h3-4,7-8,11H,2,5-6,9-10H2,1H3,(H,18,21). The SMILES string of the molecule is COCCCCCn1c(=S)[nH]c2cnc3ccccc3c21. The molecule has 5 heteroatoms. The third kappa shape index (κ3) is 2.84. The van der Waals surface area contributed by atoms with E-state index in [1.807, 2.05) is 24.4 Å². The Balaban J connectivity index is 1.95. The maximum absolute atomic E-state index is 5.47. The number of aryl methyl sites for hydroxylation is 1. The number of aromatic nitrogens is 3. The Labute approximate surface area is 128 Å². The summed E-state index contributed by atoms with van der Waals surface area (Å²) in [5.41, 5.74) is 3.18. The topological polar surface area (TPSA) is 42.8 Å². The van der Waals surface area contributed by atoms with Gasteiger partial charge in [-0.1, -0.05) is 18.2 Å². The number of fused-ring (bicyclic) bond motifs is 3.